The van der Waals surface area contributed by atoms with E-state index in [1.807, 2.05) is 0 Å². The Morgan fingerprint density at radius 2 is 1.61 bits per heavy atom. The molecule has 0 saturated carbocycles. The molecule has 56 heavy (non-hydrogen) atoms. The van der Waals surface area contributed by atoms with Gasteiger partial charge in [-0.3, -0.25) is 39.1 Å². The number of alkyl halides is 3. The zero-order valence-electron chi connectivity index (χ0n) is 30.1. The van der Waals surface area contributed by atoms with Crippen LogP contribution >= 0.6 is 12.2 Å². The fraction of sp³-hybridized carbons (Fsp3) is 0.342. The summed E-state index contributed by atoms with van der Waals surface area (Å²) in [4.78, 5) is 67.0. The number of nitrogens with one attached hydrogen (secondary N) is 2. The fourth-order valence-corrected chi connectivity index (χ4v) is 7.13. The highest BCUT2D eigenvalue weighted by Gasteiger charge is 2.51. The van der Waals surface area contributed by atoms with E-state index in [4.69, 9.17) is 31.7 Å². The number of thiocarbonyl (C=S) groups is 1. The van der Waals surface area contributed by atoms with Crippen LogP contribution in [0.5, 0.6) is 5.75 Å². The average molecular weight is 793 g/mol. The van der Waals surface area contributed by atoms with Gasteiger partial charge in [0.25, 0.3) is 17.7 Å². The van der Waals surface area contributed by atoms with E-state index in [2.05, 4.69) is 10.6 Å². The van der Waals surface area contributed by atoms with Gasteiger partial charge in [-0.25, -0.2) is 0 Å². The molecule has 18 heteroatoms. The van der Waals surface area contributed by atoms with Gasteiger partial charge in [0, 0.05) is 24.3 Å². The Morgan fingerprint density at radius 1 is 0.929 bits per heavy atom. The summed E-state index contributed by atoms with van der Waals surface area (Å²) in [5.74, 6) is -2.35. The van der Waals surface area contributed by atoms with E-state index < -0.39 is 58.4 Å². The summed E-state index contributed by atoms with van der Waals surface area (Å²) in [6, 6.07) is 15.0. The van der Waals surface area contributed by atoms with E-state index in [1.165, 1.54) is 18.2 Å². The molecule has 14 nitrogen and oxygen atoms in total. The van der Waals surface area contributed by atoms with Crippen LogP contribution in [0.15, 0.2) is 60.7 Å². The number of piperidine rings is 1. The molecule has 5 amide bonds. The molecule has 3 aliphatic rings. The van der Waals surface area contributed by atoms with Crippen LogP contribution in [-0.4, -0.2) is 90.7 Å². The lowest BCUT2D eigenvalue weighted by Crippen LogP contribution is -2.54. The SMILES string of the molecule is CC1(C)C(=O)N(c2ccc(C#N)c(C(F)(F)F)c2)C(=S)N1c1ccc(OCCOCCOCCNc2cccc3c2C(=O)N(C2CCC(=O)NC2=O)C3=O)cc1. The molecule has 2 saturated heterocycles. The second kappa shape index (κ2) is 16.1. The summed E-state index contributed by atoms with van der Waals surface area (Å²) >= 11 is 5.58. The van der Waals surface area contributed by atoms with Crippen molar-refractivity contribution >= 4 is 63.9 Å². The van der Waals surface area contributed by atoms with E-state index in [0.29, 0.717) is 23.7 Å². The van der Waals surface area contributed by atoms with Crippen LogP contribution in [0.2, 0.25) is 0 Å². The van der Waals surface area contributed by atoms with Crippen molar-refractivity contribution in [3.8, 4) is 11.8 Å². The van der Waals surface area contributed by atoms with Gasteiger partial charge >= 0.3 is 6.18 Å². The van der Waals surface area contributed by atoms with E-state index in [0.717, 1.165) is 21.9 Å². The molecule has 292 valence electrons. The van der Waals surface area contributed by atoms with Crippen LogP contribution < -0.4 is 25.2 Å². The Morgan fingerprint density at radius 3 is 2.29 bits per heavy atom. The van der Waals surface area contributed by atoms with Crippen molar-refractivity contribution in [1.82, 2.24) is 10.2 Å². The van der Waals surface area contributed by atoms with Crippen LogP contribution in [0, 0.1) is 11.3 Å². The summed E-state index contributed by atoms with van der Waals surface area (Å²) < 4.78 is 57.9. The Balaban J connectivity index is 0.921. The van der Waals surface area contributed by atoms with Crippen LogP contribution in [0.4, 0.5) is 30.2 Å². The van der Waals surface area contributed by atoms with E-state index in [9.17, 15) is 37.1 Å². The van der Waals surface area contributed by atoms with Crippen molar-refractivity contribution in [3.05, 3.63) is 82.9 Å². The molecule has 0 radical (unpaired) electrons. The molecule has 1 unspecified atom stereocenters. The van der Waals surface area contributed by atoms with Gasteiger partial charge in [-0.2, -0.15) is 18.4 Å². The maximum atomic E-state index is 13.6. The third-order valence-electron chi connectivity index (χ3n) is 9.35. The number of ether oxygens (including phenoxy) is 3. The highest BCUT2D eigenvalue weighted by molar-refractivity contribution is 7.81. The normalized spacial score (nSPS) is 18.0. The molecule has 3 aliphatic heterocycles. The van der Waals surface area contributed by atoms with Gasteiger partial charge in [0.15, 0.2) is 5.11 Å². The number of halogens is 3. The van der Waals surface area contributed by atoms with E-state index in [1.54, 1.807) is 55.1 Å². The Labute approximate surface area is 324 Å². The number of imide groups is 2. The number of carbonyl (C=O) groups is 5. The summed E-state index contributed by atoms with van der Waals surface area (Å²) in [5, 5.41) is 14.4. The quantitative estimate of drug-likeness (QED) is 0.134. The number of anilines is 3. The maximum absolute atomic E-state index is 13.6. The molecule has 2 N–H and O–H groups in total. The summed E-state index contributed by atoms with van der Waals surface area (Å²) in [7, 11) is 0. The molecule has 3 aromatic carbocycles. The average Bonchev–Trinajstić information content (AvgIpc) is 3.51. The fourth-order valence-electron chi connectivity index (χ4n) is 6.61. The summed E-state index contributed by atoms with van der Waals surface area (Å²) in [6.45, 7) is 4.79. The predicted octanol–water partition coefficient (Wildman–Crippen LogP) is 4.42. The van der Waals surface area contributed by atoms with Gasteiger partial charge in [-0.15, -0.1) is 0 Å². The van der Waals surface area contributed by atoms with Gasteiger partial charge < -0.3 is 24.4 Å². The number of benzene rings is 3. The van der Waals surface area contributed by atoms with Crippen molar-refractivity contribution in [1.29, 1.82) is 5.26 Å². The molecular formula is C38H35F3N6O8S. The number of hydrogen-bond acceptors (Lipinski definition) is 11. The van der Waals surface area contributed by atoms with Crippen molar-refractivity contribution in [2.24, 2.45) is 0 Å². The smallest absolute Gasteiger partial charge is 0.417 e. The minimum absolute atomic E-state index is 0.0218. The van der Waals surface area contributed by atoms with Gasteiger partial charge in [0.1, 0.15) is 23.9 Å². The van der Waals surface area contributed by atoms with Crippen molar-refractivity contribution in [2.45, 2.75) is 44.4 Å². The topological polar surface area (TPSA) is 171 Å². The number of nitrogens with zero attached hydrogens (tertiary/aromatic N) is 4. The van der Waals surface area contributed by atoms with Crippen molar-refractivity contribution in [3.63, 3.8) is 0 Å². The second-order valence-corrected chi connectivity index (χ2v) is 13.7. The van der Waals surface area contributed by atoms with E-state index in [-0.39, 0.29) is 67.8 Å². The molecule has 0 aliphatic carbocycles. The third-order valence-corrected chi connectivity index (χ3v) is 9.71. The minimum atomic E-state index is -4.80. The monoisotopic (exact) mass is 792 g/mol. The zero-order chi connectivity index (χ0) is 40.4. The van der Waals surface area contributed by atoms with Gasteiger partial charge in [0.05, 0.1) is 60.4 Å². The molecule has 0 spiro atoms. The van der Waals surface area contributed by atoms with Gasteiger partial charge in [-0.1, -0.05) is 6.07 Å². The first-order valence-electron chi connectivity index (χ1n) is 17.4. The zero-order valence-corrected chi connectivity index (χ0v) is 30.9. The van der Waals surface area contributed by atoms with Crippen LogP contribution in [0.1, 0.15) is 58.5 Å². The lowest BCUT2D eigenvalue weighted by molar-refractivity contribution is -0.138. The Bertz CT molecular complexity index is 2140. The third kappa shape index (κ3) is 7.78. The predicted molar refractivity (Wildman–Crippen MR) is 198 cm³/mol. The van der Waals surface area contributed by atoms with Crippen molar-refractivity contribution < 1.29 is 51.4 Å². The number of hydrogen-bond donors (Lipinski definition) is 2. The largest absolute Gasteiger partial charge is 0.491 e. The molecule has 1 atom stereocenters. The van der Waals surface area contributed by atoms with Crippen LogP contribution in [0.3, 0.4) is 0 Å². The summed E-state index contributed by atoms with van der Waals surface area (Å²) in [6.07, 6.45) is -4.71. The molecule has 6 rings (SSSR count). The first kappa shape index (κ1) is 39.8. The number of fused-ring (bicyclic) bond motifs is 1. The van der Waals surface area contributed by atoms with Crippen molar-refractivity contribution in [2.75, 3.05) is 54.7 Å². The number of amides is 5. The lowest BCUT2D eigenvalue weighted by Gasteiger charge is -2.29. The van der Waals surface area contributed by atoms with Crippen LogP contribution in [0.25, 0.3) is 0 Å². The summed E-state index contributed by atoms with van der Waals surface area (Å²) in [5.41, 5.74) is -1.78. The molecule has 0 aromatic heterocycles. The number of rotatable bonds is 14. The molecule has 0 bridgehead atoms. The Hall–Kier alpha value is -5.90. The first-order valence-corrected chi connectivity index (χ1v) is 17.8. The molecule has 3 aromatic rings. The highest BCUT2D eigenvalue weighted by atomic mass is 32.1. The van der Waals surface area contributed by atoms with Crippen LogP contribution in [-0.2, 0) is 30.0 Å². The van der Waals surface area contributed by atoms with Gasteiger partial charge in [0.2, 0.25) is 11.8 Å². The number of carbonyl (C=O) groups excluding carboxylic acids is 5. The maximum Gasteiger partial charge on any atom is 0.417 e. The number of nitriles is 1. The standard InChI is InChI=1S/C38H35F3N6O8S/c1-37(2)35(52)45(24-7-6-22(21-42)27(20-24)38(39,40)41)36(56)47(37)23-8-10-25(11-9-23)55-19-18-54-17-16-53-15-14-43-28-5-3-4-26-31(28)34(51)46(33(26)50)29-12-13-30(48)44-32(29)49/h3-11,20,29,43H,12-19H2,1-2H3,(H,44,48,49). The lowest BCUT2D eigenvalue weighted by atomic mass is 10.0. The van der Waals surface area contributed by atoms with Gasteiger partial charge in [-0.05, 0) is 87.1 Å². The first-order chi connectivity index (χ1) is 26.6. The highest BCUT2D eigenvalue weighted by Crippen LogP contribution is 2.40. The minimum Gasteiger partial charge on any atom is -0.491 e. The molecule has 3 heterocycles. The van der Waals surface area contributed by atoms with E-state index >= 15 is 0 Å². The Kier molecular flexibility index (Phi) is 11.4. The molecule has 2 fully saturated rings. The molecular weight excluding hydrogens is 758 g/mol. The second-order valence-electron chi connectivity index (χ2n) is 13.3.